The van der Waals surface area contributed by atoms with Gasteiger partial charge in [0, 0.05) is 18.3 Å². The Morgan fingerprint density at radius 1 is 1.53 bits per heavy atom. The number of pyridine rings is 1. The van der Waals surface area contributed by atoms with Crippen LogP contribution >= 0.6 is 12.2 Å². The highest BCUT2D eigenvalue weighted by molar-refractivity contribution is 7.80. The third kappa shape index (κ3) is 3.88. The van der Waals surface area contributed by atoms with Gasteiger partial charge in [-0.2, -0.15) is 0 Å². The summed E-state index contributed by atoms with van der Waals surface area (Å²) in [5, 5.41) is 3.45. The summed E-state index contributed by atoms with van der Waals surface area (Å²) in [7, 11) is 0. The zero-order valence-corrected chi connectivity index (χ0v) is 12.2. The minimum absolute atomic E-state index is 0.422. The quantitative estimate of drug-likeness (QED) is 0.805. The average molecular weight is 278 g/mol. The van der Waals surface area contributed by atoms with E-state index in [1.165, 1.54) is 25.9 Å². The molecule has 0 aromatic carbocycles. The standard InChI is InChI=1S/C14H22N4S/c1-2-18-7-4-11(5-8-18)9-17-13-10-16-6-3-12(13)14(15)19/h3,6,10-11,17H,2,4-5,7-9H2,1H3,(H2,15,19). The molecule has 1 aliphatic rings. The Kier molecular flexibility index (Phi) is 5.10. The Hall–Kier alpha value is -1.20. The van der Waals surface area contributed by atoms with Gasteiger partial charge >= 0.3 is 0 Å². The van der Waals surface area contributed by atoms with Crippen LogP contribution in [0.2, 0.25) is 0 Å². The summed E-state index contributed by atoms with van der Waals surface area (Å²) in [5.41, 5.74) is 7.55. The van der Waals surface area contributed by atoms with E-state index in [-0.39, 0.29) is 0 Å². The van der Waals surface area contributed by atoms with E-state index in [2.05, 4.69) is 22.1 Å². The van der Waals surface area contributed by atoms with Gasteiger partial charge in [0.05, 0.1) is 11.9 Å². The van der Waals surface area contributed by atoms with Gasteiger partial charge in [-0.1, -0.05) is 19.1 Å². The van der Waals surface area contributed by atoms with Crippen LogP contribution in [0, 0.1) is 5.92 Å². The third-order valence-corrected chi connectivity index (χ3v) is 4.04. The van der Waals surface area contributed by atoms with Crippen molar-refractivity contribution in [1.29, 1.82) is 0 Å². The van der Waals surface area contributed by atoms with Crippen LogP contribution in [0.3, 0.4) is 0 Å². The van der Waals surface area contributed by atoms with Crippen molar-refractivity contribution in [2.45, 2.75) is 19.8 Å². The predicted molar refractivity (Wildman–Crippen MR) is 83.5 cm³/mol. The number of anilines is 1. The van der Waals surface area contributed by atoms with Gasteiger partial charge in [-0.05, 0) is 44.5 Å². The van der Waals surface area contributed by atoms with Crippen LogP contribution in [-0.2, 0) is 0 Å². The summed E-state index contributed by atoms with van der Waals surface area (Å²) < 4.78 is 0. The summed E-state index contributed by atoms with van der Waals surface area (Å²) in [6.07, 6.45) is 6.03. The molecule has 4 nitrogen and oxygen atoms in total. The predicted octanol–water partition coefficient (Wildman–Crippen LogP) is 1.86. The summed E-state index contributed by atoms with van der Waals surface area (Å²) in [5.74, 6) is 0.724. The second-order valence-electron chi connectivity index (χ2n) is 5.04. The summed E-state index contributed by atoms with van der Waals surface area (Å²) in [6.45, 7) is 6.77. The summed E-state index contributed by atoms with van der Waals surface area (Å²) in [6, 6.07) is 1.87. The topological polar surface area (TPSA) is 54.2 Å². The first-order valence-electron chi connectivity index (χ1n) is 6.90. The van der Waals surface area contributed by atoms with Crippen molar-refractivity contribution in [2.75, 3.05) is 31.5 Å². The molecule has 3 N–H and O–H groups in total. The molecule has 19 heavy (non-hydrogen) atoms. The van der Waals surface area contributed by atoms with Crippen LogP contribution in [0.15, 0.2) is 18.5 Å². The van der Waals surface area contributed by atoms with Gasteiger partial charge in [0.15, 0.2) is 0 Å². The molecule has 0 saturated carbocycles. The molecule has 0 spiro atoms. The molecule has 1 aliphatic heterocycles. The van der Waals surface area contributed by atoms with Gasteiger partial charge < -0.3 is 16.0 Å². The number of aromatic nitrogens is 1. The lowest BCUT2D eigenvalue weighted by Gasteiger charge is -2.31. The van der Waals surface area contributed by atoms with E-state index < -0.39 is 0 Å². The molecule has 0 radical (unpaired) electrons. The number of thiocarbonyl (C=S) groups is 1. The zero-order valence-electron chi connectivity index (χ0n) is 11.4. The van der Waals surface area contributed by atoms with E-state index in [1.54, 1.807) is 12.4 Å². The van der Waals surface area contributed by atoms with Gasteiger partial charge in [0.2, 0.25) is 0 Å². The number of likely N-dealkylation sites (tertiary alicyclic amines) is 1. The molecule has 1 aromatic rings. The van der Waals surface area contributed by atoms with E-state index in [1.807, 2.05) is 6.07 Å². The molecule has 0 bridgehead atoms. The molecule has 1 saturated heterocycles. The van der Waals surface area contributed by atoms with Crippen LogP contribution in [-0.4, -0.2) is 41.1 Å². The van der Waals surface area contributed by atoms with E-state index in [4.69, 9.17) is 18.0 Å². The van der Waals surface area contributed by atoms with E-state index in [0.717, 1.165) is 30.3 Å². The molecule has 5 heteroatoms. The van der Waals surface area contributed by atoms with Crippen molar-refractivity contribution < 1.29 is 0 Å². The number of nitrogens with two attached hydrogens (primary N) is 1. The monoisotopic (exact) mass is 278 g/mol. The van der Waals surface area contributed by atoms with Gasteiger partial charge in [0.25, 0.3) is 0 Å². The van der Waals surface area contributed by atoms with Gasteiger partial charge in [-0.3, -0.25) is 4.98 Å². The second kappa shape index (κ2) is 6.82. The van der Waals surface area contributed by atoms with Crippen LogP contribution in [0.1, 0.15) is 25.3 Å². The molecule has 2 heterocycles. The maximum atomic E-state index is 5.72. The van der Waals surface area contributed by atoms with Crippen molar-refractivity contribution >= 4 is 22.9 Å². The van der Waals surface area contributed by atoms with Crippen molar-refractivity contribution in [2.24, 2.45) is 11.7 Å². The number of nitrogens with one attached hydrogen (secondary N) is 1. The van der Waals surface area contributed by atoms with Crippen LogP contribution in [0.5, 0.6) is 0 Å². The SMILES string of the molecule is CCN1CCC(CNc2cnccc2C(N)=S)CC1. The minimum Gasteiger partial charge on any atom is -0.389 e. The Morgan fingerprint density at radius 2 is 2.26 bits per heavy atom. The molecular weight excluding hydrogens is 256 g/mol. The zero-order chi connectivity index (χ0) is 13.7. The van der Waals surface area contributed by atoms with Crippen LogP contribution in [0.4, 0.5) is 5.69 Å². The maximum absolute atomic E-state index is 5.72. The number of hydrogen-bond acceptors (Lipinski definition) is 4. The smallest absolute Gasteiger partial charge is 0.106 e. The average Bonchev–Trinajstić information content (AvgIpc) is 2.46. The lowest BCUT2D eigenvalue weighted by atomic mass is 9.96. The van der Waals surface area contributed by atoms with Gasteiger partial charge in [-0.25, -0.2) is 0 Å². The Balaban J connectivity index is 1.88. The highest BCUT2D eigenvalue weighted by atomic mass is 32.1. The lowest BCUT2D eigenvalue weighted by molar-refractivity contribution is 0.198. The fourth-order valence-corrected chi connectivity index (χ4v) is 2.69. The summed E-state index contributed by atoms with van der Waals surface area (Å²) in [4.78, 5) is 7.05. The van der Waals surface area contributed by atoms with E-state index in [0.29, 0.717) is 4.99 Å². The Bertz CT molecular complexity index is 427. The third-order valence-electron chi connectivity index (χ3n) is 3.82. The van der Waals surface area contributed by atoms with Crippen molar-refractivity contribution in [1.82, 2.24) is 9.88 Å². The van der Waals surface area contributed by atoms with Crippen LogP contribution in [0.25, 0.3) is 0 Å². The molecule has 2 rings (SSSR count). The fourth-order valence-electron chi connectivity index (χ4n) is 2.51. The number of piperidine rings is 1. The first kappa shape index (κ1) is 14.2. The lowest BCUT2D eigenvalue weighted by Crippen LogP contribution is -2.35. The van der Waals surface area contributed by atoms with Crippen molar-refractivity contribution in [3.8, 4) is 0 Å². The molecule has 0 unspecified atom stereocenters. The molecule has 1 fully saturated rings. The van der Waals surface area contributed by atoms with Gasteiger partial charge in [-0.15, -0.1) is 0 Å². The number of hydrogen-bond donors (Lipinski definition) is 2. The molecule has 0 amide bonds. The molecule has 1 aromatic heterocycles. The molecule has 0 aliphatic carbocycles. The normalized spacial score (nSPS) is 17.3. The summed E-state index contributed by atoms with van der Waals surface area (Å²) >= 11 is 5.05. The second-order valence-corrected chi connectivity index (χ2v) is 5.48. The fraction of sp³-hybridized carbons (Fsp3) is 0.571. The Morgan fingerprint density at radius 3 is 2.89 bits per heavy atom. The van der Waals surface area contributed by atoms with Crippen LogP contribution < -0.4 is 11.1 Å². The largest absolute Gasteiger partial charge is 0.389 e. The van der Waals surface area contributed by atoms with Crippen molar-refractivity contribution in [3.05, 3.63) is 24.0 Å². The highest BCUT2D eigenvalue weighted by Gasteiger charge is 2.18. The molecule has 0 atom stereocenters. The van der Waals surface area contributed by atoms with Crippen molar-refractivity contribution in [3.63, 3.8) is 0 Å². The first-order chi connectivity index (χ1) is 9.20. The highest BCUT2D eigenvalue weighted by Crippen LogP contribution is 2.19. The molecule has 104 valence electrons. The van der Waals surface area contributed by atoms with E-state index >= 15 is 0 Å². The minimum atomic E-state index is 0.422. The van der Waals surface area contributed by atoms with Gasteiger partial charge in [0.1, 0.15) is 4.99 Å². The Labute approximate surface area is 120 Å². The van der Waals surface area contributed by atoms with E-state index in [9.17, 15) is 0 Å². The molecular formula is C14H22N4S. The number of rotatable bonds is 5. The first-order valence-corrected chi connectivity index (χ1v) is 7.31. The number of nitrogens with zero attached hydrogens (tertiary/aromatic N) is 2. The maximum Gasteiger partial charge on any atom is 0.106 e.